The van der Waals surface area contributed by atoms with Crippen molar-refractivity contribution < 1.29 is 27.5 Å². The van der Waals surface area contributed by atoms with E-state index in [-0.39, 0.29) is 16.8 Å². The van der Waals surface area contributed by atoms with Crippen molar-refractivity contribution in [3.63, 3.8) is 0 Å². The van der Waals surface area contributed by atoms with Crippen molar-refractivity contribution in [3.05, 3.63) is 56.4 Å². The van der Waals surface area contributed by atoms with Gasteiger partial charge in [-0.15, -0.1) is 0 Å². The molecule has 0 aliphatic heterocycles. The van der Waals surface area contributed by atoms with Crippen LogP contribution in [0.2, 0.25) is 0 Å². The van der Waals surface area contributed by atoms with Gasteiger partial charge in [-0.2, -0.15) is 0 Å². The molecule has 24 heavy (non-hydrogen) atoms. The second-order valence-electron chi connectivity index (χ2n) is 4.78. The molecule has 2 rings (SSSR count). The summed E-state index contributed by atoms with van der Waals surface area (Å²) in [7, 11) is 0. The number of aldehydes is 1. The lowest BCUT2D eigenvalue weighted by Gasteiger charge is -2.14. The largest absolute Gasteiger partial charge is 0.461 e. The first-order chi connectivity index (χ1) is 11.3. The molecule has 0 fully saturated rings. The number of hydrogen-bond donors (Lipinski definition) is 1. The minimum atomic E-state index is -1.36. The van der Waals surface area contributed by atoms with Gasteiger partial charge < -0.3 is 10.1 Å². The van der Waals surface area contributed by atoms with Gasteiger partial charge in [0.2, 0.25) is 0 Å². The van der Waals surface area contributed by atoms with E-state index in [1.165, 1.54) is 12.1 Å². The number of nitrogens with one attached hydrogen (secondary N) is 1. The van der Waals surface area contributed by atoms with Crippen LogP contribution in [0.15, 0.2) is 24.3 Å². The Morgan fingerprint density at radius 1 is 1.25 bits per heavy atom. The smallest absolute Gasteiger partial charge is 0.302 e. The first kappa shape index (κ1) is 18.2. The summed E-state index contributed by atoms with van der Waals surface area (Å²) in [4.78, 5) is 22.0. The van der Waals surface area contributed by atoms with Gasteiger partial charge in [0, 0.05) is 21.6 Å². The van der Waals surface area contributed by atoms with Crippen molar-refractivity contribution in [3.8, 4) is 0 Å². The number of hydrogen-bond acceptors (Lipinski definition) is 4. The Balaban J connectivity index is 2.44. The molecule has 2 aromatic carbocycles. The van der Waals surface area contributed by atoms with Crippen LogP contribution in [0.4, 0.5) is 24.5 Å². The van der Waals surface area contributed by atoms with Crippen LogP contribution in [-0.4, -0.2) is 12.3 Å². The Bertz CT molecular complexity index is 812. The number of anilines is 2. The molecule has 0 heterocycles. The van der Waals surface area contributed by atoms with Crippen LogP contribution in [0.1, 0.15) is 22.8 Å². The van der Waals surface area contributed by atoms with Crippen LogP contribution in [0.25, 0.3) is 0 Å². The maximum atomic E-state index is 14.3. The van der Waals surface area contributed by atoms with Crippen LogP contribution in [-0.2, 0) is 16.1 Å². The molecule has 0 radical (unpaired) electrons. The predicted molar refractivity (Wildman–Crippen MR) is 89.6 cm³/mol. The van der Waals surface area contributed by atoms with Gasteiger partial charge in [-0.25, -0.2) is 13.2 Å². The molecule has 0 aliphatic carbocycles. The van der Waals surface area contributed by atoms with Crippen molar-refractivity contribution in [2.45, 2.75) is 13.5 Å². The topological polar surface area (TPSA) is 55.4 Å². The average molecular weight is 449 g/mol. The zero-order chi connectivity index (χ0) is 17.9. The highest BCUT2D eigenvalue weighted by molar-refractivity contribution is 14.1. The van der Waals surface area contributed by atoms with Gasteiger partial charge in [-0.3, -0.25) is 9.59 Å². The maximum Gasteiger partial charge on any atom is 0.302 e. The van der Waals surface area contributed by atoms with E-state index in [9.17, 15) is 22.8 Å². The number of benzene rings is 2. The quantitative estimate of drug-likeness (QED) is 0.420. The fraction of sp³-hybridized carbons (Fsp3) is 0.125. The second-order valence-corrected chi connectivity index (χ2v) is 6.02. The lowest BCUT2D eigenvalue weighted by Crippen LogP contribution is -2.08. The minimum Gasteiger partial charge on any atom is -0.461 e. The molecule has 0 atom stereocenters. The predicted octanol–water partition coefficient (Wildman–Crippen LogP) is 4.33. The Kier molecular flexibility index (Phi) is 5.81. The van der Waals surface area contributed by atoms with Crippen molar-refractivity contribution >= 4 is 46.2 Å². The Morgan fingerprint density at radius 2 is 1.96 bits per heavy atom. The van der Waals surface area contributed by atoms with Gasteiger partial charge in [0.15, 0.2) is 17.9 Å². The van der Waals surface area contributed by atoms with E-state index >= 15 is 0 Å². The van der Waals surface area contributed by atoms with E-state index in [1.807, 2.05) is 22.6 Å². The number of carbonyl (C=O) groups excluding carboxylic acids is 2. The Morgan fingerprint density at radius 3 is 2.54 bits per heavy atom. The Hall–Kier alpha value is -2.10. The summed E-state index contributed by atoms with van der Waals surface area (Å²) in [6.45, 7) is 0.599. The summed E-state index contributed by atoms with van der Waals surface area (Å²) in [6.07, 6.45) is 0.298. The highest BCUT2D eigenvalue weighted by Crippen LogP contribution is 2.29. The highest BCUT2D eigenvalue weighted by Gasteiger charge is 2.20. The molecule has 0 saturated heterocycles. The van der Waals surface area contributed by atoms with Gasteiger partial charge in [0.1, 0.15) is 12.4 Å². The molecule has 0 saturated carbocycles. The third kappa shape index (κ3) is 4.05. The van der Waals surface area contributed by atoms with Gasteiger partial charge >= 0.3 is 5.97 Å². The second kappa shape index (κ2) is 7.65. The fourth-order valence-corrected chi connectivity index (χ4v) is 2.38. The van der Waals surface area contributed by atoms with Gasteiger partial charge in [-0.1, -0.05) is 0 Å². The average Bonchev–Trinajstić information content (AvgIpc) is 2.53. The summed E-state index contributed by atoms with van der Waals surface area (Å²) in [5.74, 6) is -4.00. The number of halogens is 4. The summed E-state index contributed by atoms with van der Waals surface area (Å²) >= 11 is 1.90. The van der Waals surface area contributed by atoms with Crippen LogP contribution in [0.3, 0.4) is 0 Å². The summed E-state index contributed by atoms with van der Waals surface area (Å²) < 4.78 is 47.4. The molecule has 8 heteroatoms. The zero-order valence-corrected chi connectivity index (χ0v) is 14.5. The molecule has 0 aromatic heterocycles. The summed E-state index contributed by atoms with van der Waals surface area (Å²) in [5, 5.41) is 2.39. The van der Waals surface area contributed by atoms with Crippen LogP contribution < -0.4 is 5.32 Å². The zero-order valence-electron chi connectivity index (χ0n) is 12.3. The lowest BCUT2D eigenvalue weighted by atomic mass is 10.1. The van der Waals surface area contributed by atoms with E-state index in [2.05, 4.69) is 10.1 Å². The Labute approximate surface area is 149 Å². The number of ether oxygens (including phenoxy) is 1. The molecule has 4 nitrogen and oxygen atoms in total. The third-order valence-corrected chi connectivity index (χ3v) is 3.73. The van der Waals surface area contributed by atoms with Crippen molar-refractivity contribution in [1.29, 1.82) is 0 Å². The monoisotopic (exact) mass is 449 g/mol. The van der Waals surface area contributed by atoms with Crippen molar-refractivity contribution in [1.82, 2.24) is 0 Å². The molecule has 0 aliphatic rings. The fourth-order valence-electron chi connectivity index (χ4n) is 1.93. The molecule has 126 valence electrons. The number of rotatable bonds is 5. The standard InChI is InChI=1S/C16H11F3INO3/c1-8(23)24-7-10-4-9(6-22)16(15(19)14(10)18)21-13-3-2-11(20)5-12(13)17/h2-6,21H,7H2,1H3. The minimum absolute atomic E-state index is 0.107. The van der Waals surface area contributed by atoms with E-state index in [4.69, 9.17) is 0 Å². The number of esters is 1. The first-order valence-electron chi connectivity index (χ1n) is 6.65. The van der Waals surface area contributed by atoms with Crippen molar-refractivity contribution in [2.75, 3.05) is 5.32 Å². The van der Waals surface area contributed by atoms with E-state index < -0.39 is 35.7 Å². The molecule has 0 spiro atoms. The molecule has 0 amide bonds. The normalized spacial score (nSPS) is 10.4. The SMILES string of the molecule is CC(=O)OCc1cc(C=O)c(Nc2ccc(I)cc2F)c(F)c1F. The van der Waals surface area contributed by atoms with Crippen LogP contribution in [0.5, 0.6) is 0 Å². The van der Waals surface area contributed by atoms with Crippen molar-refractivity contribution in [2.24, 2.45) is 0 Å². The molecular formula is C16H11F3INO3. The summed E-state index contributed by atoms with van der Waals surface area (Å²) in [5.41, 5.74) is -1.12. The van der Waals surface area contributed by atoms with E-state index in [0.717, 1.165) is 13.0 Å². The van der Waals surface area contributed by atoms with Crippen LogP contribution >= 0.6 is 22.6 Å². The molecule has 2 aromatic rings. The third-order valence-electron chi connectivity index (χ3n) is 3.06. The molecule has 0 unspecified atom stereocenters. The van der Waals surface area contributed by atoms with E-state index in [0.29, 0.717) is 9.86 Å². The molecule has 1 N–H and O–H groups in total. The van der Waals surface area contributed by atoms with Gasteiger partial charge in [0.25, 0.3) is 0 Å². The maximum absolute atomic E-state index is 14.3. The van der Waals surface area contributed by atoms with Gasteiger partial charge in [-0.05, 0) is 46.9 Å². The van der Waals surface area contributed by atoms with Crippen LogP contribution in [0, 0.1) is 21.0 Å². The lowest BCUT2D eigenvalue weighted by molar-refractivity contribution is -0.142. The van der Waals surface area contributed by atoms with Gasteiger partial charge in [0.05, 0.1) is 11.4 Å². The highest BCUT2D eigenvalue weighted by atomic mass is 127. The number of carbonyl (C=O) groups is 2. The molecular weight excluding hydrogens is 438 g/mol. The first-order valence-corrected chi connectivity index (χ1v) is 7.72. The van der Waals surface area contributed by atoms with E-state index in [1.54, 1.807) is 6.07 Å². The summed E-state index contributed by atoms with van der Waals surface area (Å²) in [6, 6.07) is 5.15. The molecule has 0 bridgehead atoms.